The molecule has 3 aromatic rings. The number of carbonyl (C=O) groups excluding carboxylic acids is 1. The first-order valence-corrected chi connectivity index (χ1v) is 8.67. The highest BCUT2D eigenvalue weighted by Crippen LogP contribution is 2.30. The van der Waals surface area contributed by atoms with E-state index in [-0.39, 0.29) is 17.5 Å². The lowest BCUT2D eigenvalue weighted by atomic mass is 10.2. The van der Waals surface area contributed by atoms with Crippen molar-refractivity contribution in [3.8, 4) is 0 Å². The lowest BCUT2D eigenvalue weighted by molar-refractivity contribution is -0.389. The SMILES string of the molecule is Cc1ccc(N2CCC(Nc3nc4sccn4c3[N+](=O)[O-])C2=O)cc1. The molecule has 2 aromatic heterocycles. The number of hydrogen-bond donors (Lipinski definition) is 1. The van der Waals surface area contributed by atoms with Gasteiger partial charge in [-0.3, -0.25) is 4.79 Å². The van der Waals surface area contributed by atoms with Crippen LogP contribution in [0.4, 0.5) is 17.3 Å². The van der Waals surface area contributed by atoms with Gasteiger partial charge in [0, 0.05) is 17.6 Å². The fourth-order valence-electron chi connectivity index (χ4n) is 3.01. The second kappa shape index (κ2) is 5.85. The summed E-state index contributed by atoms with van der Waals surface area (Å²) in [6.07, 6.45) is 2.17. The zero-order valence-electron chi connectivity index (χ0n) is 13.4. The molecular weight excluding hydrogens is 342 g/mol. The van der Waals surface area contributed by atoms with Gasteiger partial charge >= 0.3 is 5.82 Å². The van der Waals surface area contributed by atoms with Gasteiger partial charge in [-0.1, -0.05) is 29.0 Å². The summed E-state index contributed by atoms with van der Waals surface area (Å²) < 4.78 is 1.42. The van der Waals surface area contributed by atoms with Gasteiger partial charge in [-0.2, -0.15) is 9.38 Å². The van der Waals surface area contributed by atoms with E-state index in [1.165, 1.54) is 15.7 Å². The van der Waals surface area contributed by atoms with Crippen molar-refractivity contribution < 1.29 is 9.72 Å². The van der Waals surface area contributed by atoms with E-state index in [0.29, 0.717) is 17.9 Å². The smallest absolute Gasteiger partial charge is 0.358 e. The Morgan fingerprint density at radius 1 is 1.36 bits per heavy atom. The molecule has 1 N–H and O–H groups in total. The van der Waals surface area contributed by atoms with Crippen LogP contribution in [0.15, 0.2) is 35.8 Å². The Labute approximate surface area is 146 Å². The van der Waals surface area contributed by atoms with Crippen LogP contribution in [0.1, 0.15) is 12.0 Å². The lowest BCUT2D eigenvalue weighted by Gasteiger charge is -2.17. The number of fused-ring (bicyclic) bond motifs is 1. The molecule has 25 heavy (non-hydrogen) atoms. The van der Waals surface area contributed by atoms with E-state index in [4.69, 9.17) is 0 Å². The summed E-state index contributed by atoms with van der Waals surface area (Å²) in [5.74, 6) is -0.103. The number of imidazole rings is 1. The Hall–Kier alpha value is -2.94. The van der Waals surface area contributed by atoms with Gasteiger partial charge in [0.2, 0.25) is 11.7 Å². The van der Waals surface area contributed by atoms with Gasteiger partial charge in [0.1, 0.15) is 12.2 Å². The van der Waals surface area contributed by atoms with Crippen molar-refractivity contribution in [3.05, 3.63) is 51.5 Å². The largest absolute Gasteiger partial charge is 0.372 e. The third-order valence-corrected chi connectivity index (χ3v) is 5.03. The second-order valence-corrected chi connectivity index (χ2v) is 6.78. The molecule has 1 unspecified atom stereocenters. The number of nitrogens with one attached hydrogen (secondary N) is 1. The molecule has 1 aromatic carbocycles. The maximum absolute atomic E-state index is 12.7. The quantitative estimate of drug-likeness (QED) is 0.572. The van der Waals surface area contributed by atoms with Crippen LogP contribution in [0, 0.1) is 17.0 Å². The molecule has 8 nitrogen and oxygen atoms in total. The van der Waals surface area contributed by atoms with E-state index in [9.17, 15) is 14.9 Å². The second-order valence-electron chi connectivity index (χ2n) is 5.91. The number of thiazole rings is 1. The number of benzene rings is 1. The normalized spacial score (nSPS) is 17.4. The van der Waals surface area contributed by atoms with Crippen LogP contribution in [-0.2, 0) is 4.79 Å². The number of anilines is 2. The van der Waals surface area contributed by atoms with Crippen molar-refractivity contribution in [1.29, 1.82) is 0 Å². The van der Waals surface area contributed by atoms with E-state index in [1.54, 1.807) is 16.5 Å². The van der Waals surface area contributed by atoms with Crippen molar-refractivity contribution in [2.45, 2.75) is 19.4 Å². The number of hydrogen-bond acceptors (Lipinski definition) is 6. The van der Waals surface area contributed by atoms with E-state index in [1.807, 2.05) is 31.2 Å². The van der Waals surface area contributed by atoms with Crippen LogP contribution in [0.5, 0.6) is 0 Å². The maximum Gasteiger partial charge on any atom is 0.372 e. The molecule has 9 heteroatoms. The van der Waals surface area contributed by atoms with Crippen LogP contribution in [0.2, 0.25) is 0 Å². The molecule has 128 valence electrons. The molecule has 1 saturated heterocycles. The third kappa shape index (κ3) is 2.62. The number of aromatic nitrogens is 2. The van der Waals surface area contributed by atoms with E-state index < -0.39 is 11.0 Å². The number of rotatable bonds is 4. The minimum Gasteiger partial charge on any atom is -0.358 e. The highest BCUT2D eigenvalue weighted by molar-refractivity contribution is 7.15. The predicted molar refractivity (Wildman–Crippen MR) is 95.3 cm³/mol. The van der Waals surface area contributed by atoms with Crippen LogP contribution in [0.25, 0.3) is 4.96 Å². The molecule has 1 aliphatic heterocycles. The van der Waals surface area contributed by atoms with Gasteiger partial charge in [-0.15, -0.1) is 0 Å². The molecule has 3 heterocycles. The summed E-state index contributed by atoms with van der Waals surface area (Å²) in [6, 6.07) is 7.20. The first kappa shape index (κ1) is 15.6. The van der Waals surface area contributed by atoms with Gasteiger partial charge in [0.15, 0.2) is 0 Å². The predicted octanol–water partition coefficient (Wildman–Crippen LogP) is 2.83. The standard InChI is InChI=1S/C16H15N5O3S/c1-10-2-4-11(5-3-10)19-7-6-12(15(19)22)17-13-14(21(23)24)20-8-9-25-16(20)18-13/h2-5,8-9,12,17H,6-7H2,1H3. The molecule has 1 atom stereocenters. The van der Waals surface area contributed by atoms with Gasteiger partial charge in [-0.25, -0.2) is 0 Å². The average molecular weight is 357 g/mol. The first-order valence-electron chi connectivity index (χ1n) is 7.79. The minimum atomic E-state index is -0.524. The topological polar surface area (TPSA) is 92.8 Å². The van der Waals surface area contributed by atoms with Crippen LogP contribution in [-0.4, -0.2) is 32.8 Å². The monoisotopic (exact) mass is 357 g/mol. The highest BCUT2D eigenvalue weighted by atomic mass is 32.1. The molecule has 0 aliphatic carbocycles. The number of amides is 1. The highest BCUT2D eigenvalue weighted by Gasteiger charge is 2.35. The van der Waals surface area contributed by atoms with Gasteiger partial charge in [-0.05, 0) is 30.4 Å². The maximum atomic E-state index is 12.7. The van der Waals surface area contributed by atoms with Gasteiger partial charge in [0.25, 0.3) is 4.96 Å². The number of nitrogens with zero attached hydrogens (tertiary/aromatic N) is 4. The zero-order valence-corrected chi connectivity index (χ0v) is 14.2. The molecule has 1 amide bonds. The van der Waals surface area contributed by atoms with Crippen LogP contribution < -0.4 is 10.2 Å². The van der Waals surface area contributed by atoms with Gasteiger partial charge < -0.3 is 20.3 Å². The summed E-state index contributed by atoms with van der Waals surface area (Å²) in [5, 5.41) is 16.1. The molecule has 1 aliphatic rings. The molecule has 4 rings (SSSR count). The molecular formula is C16H15N5O3S. The van der Waals surface area contributed by atoms with Crippen LogP contribution >= 0.6 is 11.3 Å². The van der Waals surface area contributed by atoms with E-state index in [2.05, 4.69) is 10.3 Å². The summed E-state index contributed by atoms with van der Waals surface area (Å²) in [7, 11) is 0. The van der Waals surface area contributed by atoms with Crippen molar-refractivity contribution >= 4 is 39.5 Å². The fraction of sp³-hybridized carbons (Fsp3) is 0.250. The average Bonchev–Trinajstić information content (AvgIpc) is 3.24. The minimum absolute atomic E-state index is 0.102. The molecule has 0 radical (unpaired) electrons. The first-order chi connectivity index (χ1) is 12.0. The third-order valence-electron chi connectivity index (χ3n) is 4.27. The Balaban J connectivity index is 1.59. The lowest BCUT2D eigenvalue weighted by Crippen LogP contribution is -2.33. The molecule has 0 saturated carbocycles. The van der Waals surface area contributed by atoms with E-state index >= 15 is 0 Å². The molecule has 1 fully saturated rings. The van der Waals surface area contributed by atoms with Crippen LogP contribution in [0.3, 0.4) is 0 Å². The van der Waals surface area contributed by atoms with Crippen molar-refractivity contribution in [2.75, 3.05) is 16.8 Å². The van der Waals surface area contributed by atoms with Gasteiger partial charge in [0.05, 0.1) is 0 Å². The summed E-state index contributed by atoms with van der Waals surface area (Å²) in [5.41, 5.74) is 1.96. The number of aryl methyl sites for hydroxylation is 1. The fourth-order valence-corrected chi connectivity index (χ4v) is 3.71. The van der Waals surface area contributed by atoms with Crippen molar-refractivity contribution in [1.82, 2.24) is 9.38 Å². The van der Waals surface area contributed by atoms with E-state index in [0.717, 1.165) is 11.3 Å². The number of carbonyl (C=O) groups is 1. The molecule has 0 bridgehead atoms. The molecule has 0 spiro atoms. The Bertz CT molecular complexity index is 962. The number of nitro groups is 1. The summed E-state index contributed by atoms with van der Waals surface area (Å²) in [6.45, 7) is 2.55. The van der Waals surface area contributed by atoms with Crippen molar-refractivity contribution in [3.63, 3.8) is 0 Å². The zero-order chi connectivity index (χ0) is 17.6. The Morgan fingerprint density at radius 3 is 2.84 bits per heavy atom. The summed E-state index contributed by atoms with van der Waals surface area (Å²) in [4.78, 5) is 30.1. The Morgan fingerprint density at radius 2 is 2.12 bits per heavy atom. The summed E-state index contributed by atoms with van der Waals surface area (Å²) >= 11 is 1.31. The Kier molecular flexibility index (Phi) is 3.65. The van der Waals surface area contributed by atoms with Crippen molar-refractivity contribution in [2.24, 2.45) is 0 Å².